The number of aliphatic hydroxyl groups excluding tert-OH is 1. The minimum absolute atomic E-state index is 0.00750. The predicted octanol–water partition coefficient (Wildman–Crippen LogP) is 2.90. The third-order valence-corrected chi connectivity index (χ3v) is 4.48. The maximum atomic E-state index is 9.97. The van der Waals surface area contributed by atoms with Crippen molar-refractivity contribution in [3.8, 4) is 0 Å². The van der Waals surface area contributed by atoms with E-state index in [2.05, 4.69) is 25.1 Å². The molecule has 1 fully saturated rings. The molecular formula is C18H26O4. The highest BCUT2D eigenvalue weighted by molar-refractivity contribution is 5.34. The Hall–Kier alpha value is -0.940. The lowest BCUT2D eigenvalue weighted by Gasteiger charge is -2.30. The lowest BCUT2D eigenvalue weighted by molar-refractivity contribution is -0.156. The van der Waals surface area contributed by atoms with Crippen molar-refractivity contribution in [3.05, 3.63) is 34.9 Å². The van der Waals surface area contributed by atoms with Crippen molar-refractivity contribution in [2.45, 2.75) is 70.7 Å². The maximum absolute atomic E-state index is 9.97. The van der Waals surface area contributed by atoms with Crippen LogP contribution in [0.25, 0.3) is 0 Å². The van der Waals surface area contributed by atoms with E-state index in [9.17, 15) is 5.11 Å². The second kappa shape index (κ2) is 5.93. The molecule has 1 N–H and O–H groups in total. The molecule has 0 radical (unpaired) electrons. The van der Waals surface area contributed by atoms with Gasteiger partial charge in [0.1, 0.15) is 6.10 Å². The van der Waals surface area contributed by atoms with Gasteiger partial charge in [0.2, 0.25) is 0 Å². The molecule has 4 nitrogen and oxygen atoms in total. The highest BCUT2D eigenvalue weighted by Gasteiger charge is 2.44. The topological polar surface area (TPSA) is 47.9 Å². The summed E-state index contributed by atoms with van der Waals surface area (Å²) in [6.07, 6.45) is 0.637. The Kier molecular flexibility index (Phi) is 4.29. The van der Waals surface area contributed by atoms with Crippen molar-refractivity contribution >= 4 is 0 Å². The van der Waals surface area contributed by atoms with Crippen LogP contribution in [-0.4, -0.2) is 35.8 Å². The van der Waals surface area contributed by atoms with E-state index in [0.29, 0.717) is 6.42 Å². The van der Waals surface area contributed by atoms with Gasteiger partial charge in [-0.3, -0.25) is 0 Å². The molecule has 0 saturated carbocycles. The van der Waals surface area contributed by atoms with Crippen LogP contribution in [0.2, 0.25) is 0 Å². The van der Waals surface area contributed by atoms with Crippen LogP contribution in [0.1, 0.15) is 50.0 Å². The zero-order valence-electron chi connectivity index (χ0n) is 13.8. The fourth-order valence-electron chi connectivity index (χ4n) is 3.53. The molecule has 1 saturated heterocycles. The van der Waals surface area contributed by atoms with Gasteiger partial charge in [-0.2, -0.15) is 0 Å². The lowest BCUT2D eigenvalue weighted by Crippen LogP contribution is -2.35. The van der Waals surface area contributed by atoms with E-state index < -0.39 is 11.9 Å². The summed E-state index contributed by atoms with van der Waals surface area (Å²) in [5.74, 6) is -0.656. The van der Waals surface area contributed by atoms with Crippen molar-refractivity contribution in [1.29, 1.82) is 0 Å². The van der Waals surface area contributed by atoms with Gasteiger partial charge in [0, 0.05) is 6.42 Å². The van der Waals surface area contributed by atoms with Crippen LogP contribution in [0, 0.1) is 6.92 Å². The number of rotatable bonds is 3. The minimum atomic E-state index is -0.656. The molecule has 4 heteroatoms. The van der Waals surface area contributed by atoms with E-state index >= 15 is 0 Å². The number of fused-ring (bicyclic) bond motifs is 1. The SMILES string of the molecule is Cc1ccc2c(c1)CCO[C@H]2C[C@H]1OC(C)(C)O[C@H]1[C@@H](C)O. The van der Waals surface area contributed by atoms with Crippen molar-refractivity contribution in [2.75, 3.05) is 6.61 Å². The average molecular weight is 306 g/mol. The van der Waals surface area contributed by atoms with E-state index in [1.807, 2.05) is 13.8 Å². The van der Waals surface area contributed by atoms with E-state index in [4.69, 9.17) is 14.2 Å². The zero-order chi connectivity index (χ0) is 15.9. The van der Waals surface area contributed by atoms with Gasteiger partial charge in [-0.25, -0.2) is 0 Å². The van der Waals surface area contributed by atoms with Gasteiger partial charge in [0.05, 0.1) is 24.9 Å². The molecule has 2 aliphatic heterocycles. The largest absolute Gasteiger partial charge is 0.391 e. The predicted molar refractivity (Wildman–Crippen MR) is 83.7 cm³/mol. The maximum Gasteiger partial charge on any atom is 0.163 e. The van der Waals surface area contributed by atoms with Gasteiger partial charge in [-0.05, 0) is 45.2 Å². The molecule has 4 atom stereocenters. The van der Waals surface area contributed by atoms with Crippen molar-refractivity contribution in [3.63, 3.8) is 0 Å². The first kappa shape index (κ1) is 15.9. The van der Waals surface area contributed by atoms with E-state index in [1.165, 1.54) is 16.7 Å². The fraction of sp³-hybridized carbons (Fsp3) is 0.667. The van der Waals surface area contributed by atoms with Crippen LogP contribution in [-0.2, 0) is 20.6 Å². The molecule has 122 valence electrons. The zero-order valence-corrected chi connectivity index (χ0v) is 13.8. The standard InChI is InChI=1S/C18H26O4/c1-11-5-6-14-13(9-11)7-8-20-15(14)10-16-17(12(2)19)22-18(3,4)21-16/h5-6,9,12,15-17,19H,7-8,10H2,1-4H3/t12-,15+,16-,17+/m1/s1. The van der Waals surface area contributed by atoms with Crippen LogP contribution < -0.4 is 0 Å². The van der Waals surface area contributed by atoms with Crippen molar-refractivity contribution in [2.24, 2.45) is 0 Å². The summed E-state index contributed by atoms with van der Waals surface area (Å²) in [6, 6.07) is 6.53. The molecule has 0 unspecified atom stereocenters. The first-order valence-corrected chi connectivity index (χ1v) is 8.10. The summed E-state index contributed by atoms with van der Waals surface area (Å²) in [5, 5.41) is 9.97. The molecule has 2 heterocycles. The van der Waals surface area contributed by atoms with E-state index in [1.54, 1.807) is 6.92 Å². The van der Waals surface area contributed by atoms with Gasteiger partial charge < -0.3 is 19.3 Å². The monoisotopic (exact) mass is 306 g/mol. The molecule has 0 aliphatic carbocycles. The van der Waals surface area contributed by atoms with E-state index in [0.717, 1.165) is 13.0 Å². The molecule has 0 amide bonds. The highest BCUT2D eigenvalue weighted by atomic mass is 16.8. The lowest BCUT2D eigenvalue weighted by atomic mass is 9.91. The molecular weight excluding hydrogens is 280 g/mol. The van der Waals surface area contributed by atoms with Crippen molar-refractivity contribution < 1.29 is 19.3 Å². The summed E-state index contributed by atoms with van der Waals surface area (Å²) in [7, 11) is 0. The number of benzene rings is 1. The second-order valence-corrected chi connectivity index (χ2v) is 6.93. The van der Waals surface area contributed by atoms with Crippen LogP contribution in [0.15, 0.2) is 18.2 Å². The summed E-state index contributed by atoms with van der Waals surface area (Å²) in [5.41, 5.74) is 3.89. The summed E-state index contributed by atoms with van der Waals surface area (Å²) >= 11 is 0. The third-order valence-electron chi connectivity index (χ3n) is 4.48. The second-order valence-electron chi connectivity index (χ2n) is 6.93. The van der Waals surface area contributed by atoms with Gasteiger partial charge >= 0.3 is 0 Å². The van der Waals surface area contributed by atoms with Gasteiger partial charge in [0.25, 0.3) is 0 Å². The number of hydrogen-bond donors (Lipinski definition) is 1. The summed E-state index contributed by atoms with van der Waals surface area (Å²) in [6.45, 7) is 8.38. The number of aliphatic hydroxyl groups is 1. The number of aryl methyl sites for hydroxylation is 1. The van der Waals surface area contributed by atoms with E-state index in [-0.39, 0.29) is 18.3 Å². The Morgan fingerprint density at radius 3 is 2.82 bits per heavy atom. The average Bonchev–Trinajstić information content (AvgIpc) is 2.74. The van der Waals surface area contributed by atoms with Gasteiger partial charge in [-0.1, -0.05) is 23.8 Å². The first-order chi connectivity index (χ1) is 10.4. The summed E-state index contributed by atoms with van der Waals surface area (Å²) < 4.78 is 17.8. The van der Waals surface area contributed by atoms with Crippen LogP contribution >= 0.6 is 0 Å². The smallest absolute Gasteiger partial charge is 0.163 e. The van der Waals surface area contributed by atoms with Gasteiger partial charge in [-0.15, -0.1) is 0 Å². The Bertz CT molecular complexity index is 538. The molecule has 2 aliphatic rings. The third kappa shape index (κ3) is 3.20. The molecule has 0 bridgehead atoms. The Morgan fingerprint density at radius 1 is 1.32 bits per heavy atom. The Morgan fingerprint density at radius 2 is 2.09 bits per heavy atom. The normalized spacial score (nSPS) is 31.8. The fourth-order valence-corrected chi connectivity index (χ4v) is 3.53. The summed E-state index contributed by atoms with van der Waals surface area (Å²) in [4.78, 5) is 0. The number of hydrogen-bond acceptors (Lipinski definition) is 4. The first-order valence-electron chi connectivity index (χ1n) is 8.10. The molecule has 1 aromatic carbocycles. The molecule has 1 aromatic rings. The minimum Gasteiger partial charge on any atom is -0.391 e. The van der Waals surface area contributed by atoms with Gasteiger partial charge in [0.15, 0.2) is 5.79 Å². The highest BCUT2D eigenvalue weighted by Crippen LogP contribution is 2.38. The van der Waals surface area contributed by atoms with Crippen LogP contribution in [0.5, 0.6) is 0 Å². The Balaban J connectivity index is 1.79. The number of ether oxygens (including phenoxy) is 3. The quantitative estimate of drug-likeness (QED) is 0.933. The Labute approximate surface area is 132 Å². The molecule has 0 aromatic heterocycles. The van der Waals surface area contributed by atoms with Crippen LogP contribution in [0.3, 0.4) is 0 Å². The molecule has 3 rings (SSSR count). The van der Waals surface area contributed by atoms with Crippen LogP contribution in [0.4, 0.5) is 0 Å². The molecule has 22 heavy (non-hydrogen) atoms. The van der Waals surface area contributed by atoms with Crippen molar-refractivity contribution in [1.82, 2.24) is 0 Å². The molecule has 0 spiro atoms.